The second-order valence-electron chi connectivity index (χ2n) is 7.34. The Hall–Kier alpha value is -3.39. The van der Waals surface area contributed by atoms with E-state index in [9.17, 15) is 9.59 Å². The van der Waals surface area contributed by atoms with Crippen LogP contribution in [0.2, 0.25) is 10.0 Å². The number of para-hydroxylation sites is 1. The van der Waals surface area contributed by atoms with E-state index < -0.39 is 17.6 Å². The number of rotatable bonds is 5. The summed E-state index contributed by atoms with van der Waals surface area (Å²) in [4.78, 5) is 25.0. The molecule has 0 fully saturated rings. The zero-order chi connectivity index (χ0) is 24.2. The molecule has 6 nitrogen and oxygen atoms in total. The molecule has 0 spiro atoms. The molecule has 1 aromatic heterocycles. The summed E-state index contributed by atoms with van der Waals surface area (Å²) in [6.45, 7) is 1.57. The summed E-state index contributed by atoms with van der Waals surface area (Å²) in [5, 5.41) is 7.17. The van der Waals surface area contributed by atoms with Crippen molar-refractivity contribution in [1.29, 1.82) is 0 Å². The number of thiocarbonyl (C=S) groups is 1. The molecule has 0 bridgehead atoms. The lowest BCUT2D eigenvalue weighted by Gasteiger charge is -2.17. The van der Waals surface area contributed by atoms with Gasteiger partial charge in [-0.3, -0.25) is 10.1 Å². The average molecular weight is 513 g/mol. The Kier molecular flexibility index (Phi) is 7.17. The summed E-state index contributed by atoms with van der Waals surface area (Å²) < 4.78 is 11.0. The van der Waals surface area contributed by atoms with Gasteiger partial charge in [-0.15, -0.1) is 0 Å². The van der Waals surface area contributed by atoms with Gasteiger partial charge >= 0.3 is 5.63 Å². The smallest absolute Gasteiger partial charge is 0.344 e. The summed E-state index contributed by atoms with van der Waals surface area (Å²) in [6.07, 6.45) is -0.869. The Morgan fingerprint density at radius 2 is 1.82 bits per heavy atom. The Morgan fingerprint density at radius 3 is 2.62 bits per heavy atom. The number of fused-ring (bicyclic) bond motifs is 1. The van der Waals surface area contributed by atoms with Crippen LogP contribution in [-0.4, -0.2) is 17.1 Å². The topological polar surface area (TPSA) is 80.6 Å². The number of anilines is 1. The first-order valence-electron chi connectivity index (χ1n) is 10.2. The monoisotopic (exact) mass is 512 g/mol. The zero-order valence-electron chi connectivity index (χ0n) is 17.8. The minimum Gasteiger partial charge on any atom is -0.479 e. The van der Waals surface area contributed by atoms with E-state index in [1.54, 1.807) is 61.5 Å². The molecule has 1 amide bonds. The van der Waals surface area contributed by atoms with E-state index in [1.165, 1.54) is 6.07 Å². The van der Waals surface area contributed by atoms with Crippen LogP contribution in [0.3, 0.4) is 0 Å². The molecule has 0 aliphatic rings. The molecule has 4 aromatic rings. The van der Waals surface area contributed by atoms with Gasteiger partial charge in [0, 0.05) is 16.1 Å². The van der Waals surface area contributed by atoms with E-state index in [2.05, 4.69) is 10.6 Å². The molecule has 172 valence electrons. The summed E-state index contributed by atoms with van der Waals surface area (Å²) in [7, 11) is 0. The van der Waals surface area contributed by atoms with Crippen molar-refractivity contribution in [2.75, 3.05) is 5.32 Å². The number of nitrogens with one attached hydrogen (secondary N) is 2. The van der Waals surface area contributed by atoms with E-state index in [1.807, 2.05) is 12.1 Å². The largest absolute Gasteiger partial charge is 0.479 e. The molecule has 4 rings (SSSR count). The molecule has 34 heavy (non-hydrogen) atoms. The number of carbonyl (C=O) groups excluding carboxylic acids is 1. The molecule has 0 aliphatic carbocycles. The van der Waals surface area contributed by atoms with Gasteiger partial charge in [-0.05, 0) is 67.2 Å². The van der Waals surface area contributed by atoms with Crippen LogP contribution >= 0.6 is 35.4 Å². The van der Waals surface area contributed by atoms with Crippen molar-refractivity contribution in [2.45, 2.75) is 13.0 Å². The Bertz CT molecular complexity index is 1450. The van der Waals surface area contributed by atoms with Crippen LogP contribution in [0, 0.1) is 0 Å². The van der Waals surface area contributed by atoms with Gasteiger partial charge < -0.3 is 14.5 Å². The van der Waals surface area contributed by atoms with E-state index in [4.69, 9.17) is 44.6 Å². The number of ether oxygens (including phenoxy) is 1. The standard InChI is InChI=1S/C25H18Cl2N2O4S/c1-14(32-22-10-9-17(26)13-20(22)27)23(30)29-25(34)28-18-7-4-6-15(11-18)19-12-16-5-2-3-8-21(16)33-24(19)31/h2-14H,1H3,(H2,28,29,30,34). The van der Waals surface area contributed by atoms with Crippen LogP contribution in [-0.2, 0) is 4.79 Å². The number of amides is 1. The SMILES string of the molecule is CC(Oc1ccc(Cl)cc1Cl)C(=O)NC(=S)Nc1cccc(-c2cc3ccccc3oc2=O)c1. The molecule has 0 radical (unpaired) electrons. The number of halogens is 2. The van der Waals surface area contributed by atoms with E-state index in [0.717, 1.165) is 5.39 Å². The van der Waals surface area contributed by atoms with Crippen molar-refractivity contribution in [3.8, 4) is 16.9 Å². The van der Waals surface area contributed by atoms with Crippen molar-refractivity contribution < 1.29 is 13.9 Å². The number of carbonyl (C=O) groups is 1. The van der Waals surface area contributed by atoms with Gasteiger partial charge in [0.25, 0.3) is 5.91 Å². The van der Waals surface area contributed by atoms with Gasteiger partial charge in [0.05, 0.1) is 10.6 Å². The van der Waals surface area contributed by atoms with E-state index >= 15 is 0 Å². The lowest BCUT2D eigenvalue weighted by molar-refractivity contribution is -0.125. The van der Waals surface area contributed by atoms with Gasteiger partial charge in [0.2, 0.25) is 0 Å². The lowest BCUT2D eigenvalue weighted by Crippen LogP contribution is -2.42. The maximum absolute atomic E-state index is 12.5. The van der Waals surface area contributed by atoms with E-state index in [-0.39, 0.29) is 5.11 Å². The molecule has 2 N–H and O–H groups in total. The van der Waals surface area contributed by atoms with Crippen LogP contribution in [0.4, 0.5) is 5.69 Å². The molecule has 9 heteroatoms. The van der Waals surface area contributed by atoms with Gasteiger partial charge in [-0.1, -0.05) is 53.5 Å². The van der Waals surface area contributed by atoms with Crippen LogP contribution in [0.5, 0.6) is 5.75 Å². The van der Waals surface area contributed by atoms with Crippen LogP contribution < -0.4 is 21.0 Å². The number of hydrogen-bond donors (Lipinski definition) is 2. The van der Waals surface area contributed by atoms with Crippen LogP contribution in [0.25, 0.3) is 22.1 Å². The van der Waals surface area contributed by atoms with Crippen molar-refractivity contribution in [2.24, 2.45) is 0 Å². The molecular weight excluding hydrogens is 495 g/mol. The molecule has 1 atom stereocenters. The van der Waals surface area contributed by atoms with Crippen LogP contribution in [0.1, 0.15) is 6.92 Å². The summed E-state index contributed by atoms with van der Waals surface area (Å²) in [6, 6.07) is 20.9. The normalized spacial score (nSPS) is 11.6. The second-order valence-corrected chi connectivity index (χ2v) is 8.60. The molecular formula is C25H18Cl2N2O4S. The maximum atomic E-state index is 12.5. The molecule has 0 saturated carbocycles. The zero-order valence-corrected chi connectivity index (χ0v) is 20.1. The third-order valence-corrected chi connectivity index (χ3v) is 5.61. The molecule has 0 aliphatic heterocycles. The van der Waals surface area contributed by atoms with Gasteiger partial charge in [-0.25, -0.2) is 4.79 Å². The highest BCUT2D eigenvalue weighted by atomic mass is 35.5. The van der Waals surface area contributed by atoms with Crippen LogP contribution in [0.15, 0.2) is 82.0 Å². The van der Waals surface area contributed by atoms with Gasteiger partial charge in [-0.2, -0.15) is 0 Å². The first-order valence-corrected chi connectivity index (χ1v) is 11.3. The van der Waals surface area contributed by atoms with Gasteiger partial charge in [0.15, 0.2) is 11.2 Å². The Labute approximate surface area is 210 Å². The third-order valence-electron chi connectivity index (χ3n) is 4.88. The fourth-order valence-electron chi connectivity index (χ4n) is 3.22. The molecule has 1 heterocycles. The highest BCUT2D eigenvalue weighted by Crippen LogP contribution is 2.28. The third kappa shape index (κ3) is 5.56. The summed E-state index contributed by atoms with van der Waals surface area (Å²) in [5.74, 6) is -0.135. The first kappa shape index (κ1) is 23.8. The molecule has 1 unspecified atom stereocenters. The fourth-order valence-corrected chi connectivity index (χ4v) is 3.89. The highest BCUT2D eigenvalue weighted by Gasteiger charge is 2.18. The molecule has 0 saturated heterocycles. The van der Waals surface area contributed by atoms with Crippen molar-refractivity contribution in [3.05, 3.63) is 93.3 Å². The minimum absolute atomic E-state index is 0.0744. The average Bonchev–Trinajstić information content (AvgIpc) is 2.80. The maximum Gasteiger partial charge on any atom is 0.344 e. The predicted molar refractivity (Wildman–Crippen MR) is 139 cm³/mol. The number of hydrogen-bond acceptors (Lipinski definition) is 5. The highest BCUT2D eigenvalue weighted by molar-refractivity contribution is 7.80. The summed E-state index contributed by atoms with van der Waals surface area (Å²) >= 11 is 17.2. The Balaban J connectivity index is 1.44. The summed E-state index contributed by atoms with van der Waals surface area (Å²) in [5.41, 5.74) is 1.72. The van der Waals surface area contributed by atoms with Crippen molar-refractivity contribution in [3.63, 3.8) is 0 Å². The van der Waals surface area contributed by atoms with Gasteiger partial charge in [0.1, 0.15) is 11.3 Å². The fraction of sp³-hybridized carbons (Fsp3) is 0.0800. The van der Waals surface area contributed by atoms with E-state index in [0.29, 0.717) is 38.2 Å². The lowest BCUT2D eigenvalue weighted by atomic mass is 10.1. The molecule has 3 aromatic carbocycles. The predicted octanol–water partition coefficient (Wildman–Crippen LogP) is 6.05. The van der Waals surface area contributed by atoms with Crippen molar-refractivity contribution in [1.82, 2.24) is 5.32 Å². The second kappa shape index (κ2) is 10.3. The first-order chi connectivity index (χ1) is 16.3. The minimum atomic E-state index is -0.869. The number of benzene rings is 3. The Morgan fingerprint density at radius 1 is 1.03 bits per heavy atom. The quantitative estimate of drug-likeness (QED) is 0.250. The van der Waals surface area contributed by atoms with Crippen molar-refractivity contribution >= 4 is 63.1 Å².